The van der Waals surface area contributed by atoms with Crippen molar-refractivity contribution in [3.8, 4) is 11.3 Å². The van der Waals surface area contributed by atoms with Crippen LogP contribution < -0.4 is 0 Å². The van der Waals surface area contributed by atoms with E-state index in [1.807, 2.05) is 26.8 Å². The first-order chi connectivity index (χ1) is 10.2. The molecule has 1 aromatic heterocycles. The van der Waals surface area contributed by atoms with E-state index in [4.69, 9.17) is 9.84 Å². The Morgan fingerprint density at radius 1 is 1.18 bits per heavy atom. The molecule has 0 amide bonds. The van der Waals surface area contributed by atoms with Gasteiger partial charge in [-0.25, -0.2) is 4.79 Å². The zero-order valence-corrected chi connectivity index (χ0v) is 12.8. The van der Waals surface area contributed by atoms with Gasteiger partial charge in [0, 0.05) is 5.69 Å². The lowest BCUT2D eigenvalue weighted by molar-refractivity contribution is -0.136. The maximum atomic E-state index is 12.0. The molecule has 0 unspecified atom stereocenters. The highest BCUT2D eigenvalue weighted by atomic mass is 16.6. The van der Waals surface area contributed by atoms with Crippen molar-refractivity contribution in [3.63, 3.8) is 0 Å². The predicted molar refractivity (Wildman–Crippen MR) is 82.7 cm³/mol. The number of H-pyrrole nitrogens is 1. The molecule has 0 aliphatic heterocycles. The molecule has 116 valence electrons. The molecule has 5 nitrogen and oxygen atoms in total. The van der Waals surface area contributed by atoms with Crippen LogP contribution in [0.2, 0.25) is 0 Å². The highest BCUT2D eigenvalue weighted by Crippen LogP contribution is 2.21. The van der Waals surface area contributed by atoms with Gasteiger partial charge < -0.3 is 14.8 Å². The first-order valence-electron chi connectivity index (χ1n) is 6.98. The summed E-state index contributed by atoms with van der Waals surface area (Å²) in [5.41, 5.74) is 2.10. The first-order valence-corrected chi connectivity index (χ1v) is 6.98. The Kier molecular flexibility index (Phi) is 4.35. The second-order valence-corrected chi connectivity index (χ2v) is 6.06. The Labute approximate surface area is 128 Å². The summed E-state index contributed by atoms with van der Waals surface area (Å²) in [7, 11) is 0. The smallest absolute Gasteiger partial charge is 0.355 e. The quantitative estimate of drug-likeness (QED) is 0.849. The molecule has 22 heavy (non-hydrogen) atoms. The van der Waals surface area contributed by atoms with Gasteiger partial charge in [-0.15, -0.1) is 0 Å². The molecule has 2 N–H and O–H groups in total. The van der Waals surface area contributed by atoms with Gasteiger partial charge in [-0.1, -0.05) is 18.2 Å². The SMILES string of the molecule is CC(C)(C)OC(=O)c1ccc(-c2cccc(CC(=O)O)c2)[nH]1. The zero-order valence-electron chi connectivity index (χ0n) is 12.8. The highest BCUT2D eigenvalue weighted by Gasteiger charge is 2.19. The van der Waals surface area contributed by atoms with Crippen molar-refractivity contribution in [1.82, 2.24) is 4.98 Å². The maximum absolute atomic E-state index is 12.0. The number of aromatic nitrogens is 1. The third kappa shape index (κ3) is 4.22. The number of nitrogens with one attached hydrogen (secondary N) is 1. The third-order valence-electron chi connectivity index (χ3n) is 2.90. The number of carboxylic acid groups (broad SMARTS) is 1. The van der Waals surface area contributed by atoms with E-state index in [1.165, 1.54) is 0 Å². The van der Waals surface area contributed by atoms with Crippen LogP contribution in [0, 0.1) is 0 Å². The number of aliphatic carboxylic acids is 1. The first kappa shape index (κ1) is 15.8. The lowest BCUT2D eigenvalue weighted by Gasteiger charge is -2.18. The molecule has 0 fully saturated rings. The van der Waals surface area contributed by atoms with E-state index in [2.05, 4.69) is 4.98 Å². The average molecular weight is 301 g/mol. The average Bonchev–Trinajstić information content (AvgIpc) is 2.85. The van der Waals surface area contributed by atoms with Crippen LogP contribution in [0.1, 0.15) is 36.8 Å². The number of aromatic amines is 1. The van der Waals surface area contributed by atoms with Crippen molar-refractivity contribution < 1.29 is 19.4 Å². The molecule has 0 saturated carbocycles. The van der Waals surface area contributed by atoms with Gasteiger partial charge in [0.2, 0.25) is 0 Å². The lowest BCUT2D eigenvalue weighted by Crippen LogP contribution is -2.24. The standard InChI is InChI=1S/C17H19NO4/c1-17(2,3)22-16(21)14-8-7-13(18-14)12-6-4-5-11(9-12)10-15(19)20/h4-9,18H,10H2,1-3H3,(H,19,20). The number of rotatable bonds is 4. The van der Waals surface area contributed by atoms with Crippen LogP contribution in [0.4, 0.5) is 0 Å². The highest BCUT2D eigenvalue weighted by molar-refractivity contribution is 5.89. The normalized spacial score (nSPS) is 11.2. The summed E-state index contributed by atoms with van der Waals surface area (Å²) in [5.74, 6) is -1.29. The molecule has 1 heterocycles. The van der Waals surface area contributed by atoms with Crippen molar-refractivity contribution >= 4 is 11.9 Å². The van der Waals surface area contributed by atoms with Crippen molar-refractivity contribution in [2.24, 2.45) is 0 Å². The number of hydrogen-bond donors (Lipinski definition) is 2. The van der Waals surface area contributed by atoms with Gasteiger partial charge in [-0.05, 0) is 50.1 Å². The molecule has 0 saturated heterocycles. The number of esters is 1. The second-order valence-electron chi connectivity index (χ2n) is 6.06. The summed E-state index contributed by atoms with van der Waals surface area (Å²) in [4.78, 5) is 25.8. The van der Waals surface area contributed by atoms with Gasteiger partial charge in [0.25, 0.3) is 0 Å². The van der Waals surface area contributed by atoms with Gasteiger partial charge in [-0.2, -0.15) is 0 Å². The van der Waals surface area contributed by atoms with E-state index >= 15 is 0 Å². The Morgan fingerprint density at radius 2 is 1.91 bits per heavy atom. The van der Waals surface area contributed by atoms with E-state index in [1.54, 1.807) is 30.3 Å². The van der Waals surface area contributed by atoms with Crippen molar-refractivity contribution in [3.05, 3.63) is 47.7 Å². The van der Waals surface area contributed by atoms with Gasteiger partial charge >= 0.3 is 11.9 Å². The van der Waals surface area contributed by atoms with E-state index in [9.17, 15) is 9.59 Å². The second kappa shape index (κ2) is 6.05. The number of benzene rings is 1. The minimum absolute atomic E-state index is 0.0343. The fourth-order valence-electron chi connectivity index (χ4n) is 2.04. The molecule has 0 spiro atoms. The fourth-order valence-corrected chi connectivity index (χ4v) is 2.04. The molecule has 2 aromatic rings. The van der Waals surface area contributed by atoms with Gasteiger partial charge in [-0.3, -0.25) is 4.79 Å². The molecule has 0 aliphatic carbocycles. The van der Waals surface area contributed by atoms with Crippen LogP contribution in [0.25, 0.3) is 11.3 Å². The summed E-state index contributed by atoms with van der Waals surface area (Å²) in [6, 6.07) is 10.6. The molecule has 1 aromatic carbocycles. The molecule has 0 atom stereocenters. The molecule has 2 rings (SSSR count). The number of carbonyl (C=O) groups excluding carboxylic acids is 1. The minimum atomic E-state index is -0.877. The minimum Gasteiger partial charge on any atom is -0.481 e. The monoisotopic (exact) mass is 301 g/mol. The van der Waals surface area contributed by atoms with E-state index in [0.717, 1.165) is 11.3 Å². The van der Waals surface area contributed by atoms with Crippen LogP contribution in [0.15, 0.2) is 36.4 Å². The van der Waals surface area contributed by atoms with E-state index < -0.39 is 17.5 Å². The predicted octanol–water partition coefficient (Wildman–Crippen LogP) is 3.26. The largest absolute Gasteiger partial charge is 0.481 e. The van der Waals surface area contributed by atoms with Crippen molar-refractivity contribution in [1.29, 1.82) is 0 Å². The number of carboxylic acids is 1. The summed E-state index contributed by atoms with van der Waals surface area (Å²) < 4.78 is 5.30. The molecule has 0 radical (unpaired) electrons. The fraction of sp³-hybridized carbons (Fsp3) is 0.294. The van der Waals surface area contributed by atoms with Crippen LogP contribution in [-0.2, 0) is 16.0 Å². The number of ether oxygens (including phenoxy) is 1. The molecule has 0 bridgehead atoms. The number of hydrogen-bond acceptors (Lipinski definition) is 3. The van der Waals surface area contributed by atoms with Gasteiger partial charge in [0.05, 0.1) is 6.42 Å². The summed E-state index contributed by atoms with van der Waals surface area (Å²) >= 11 is 0. The molecule has 0 aliphatic rings. The zero-order chi connectivity index (χ0) is 16.3. The topological polar surface area (TPSA) is 79.4 Å². The third-order valence-corrected chi connectivity index (χ3v) is 2.90. The Bertz CT molecular complexity index is 695. The Balaban J connectivity index is 2.21. The number of carbonyl (C=O) groups is 2. The van der Waals surface area contributed by atoms with Crippen LogP contribution in [0.3, 0.4) is 0 Å². The maximum Gasteiger partial charge on any atom is 0.355 e. The molecular formula is C17H19NO4. The van der Waals surface area contributed by atoms with E-state index in [0.29, 0.717) is 11.3 Å². The lowest BCUT2D eigenvalue weighted by atomic mass is 10.1. The van der Waals surface area contributed by atoms with Crippen molar-refractivity contribution in [2.45, 2.75) is 32.8 Å². The van der Waals surface area contributed by atoms with E-state index in [-0.39, 0.29) is 6.42 Å². The molecule has 5 heteroatoms. The van der Waals surface area contributed by atoms with Crippen LogP contribution >= 0.6 is 0 Å². The summed E-state index contributed by atoms with van der Waals surface area (Å²) in [6.07, 6.45) is -0.0343. The Morgan fingerprint density at radius 3 is 2.55 bits per heavy atom. The van der Waals surface area contributed by atoms with Gasteiger partial charge in [0.15, 0.2) is 0 Å². The summed E-state index contributed by atoms with van der Waals surface area (Å²) in [6.45, 7) is 5.43. The Hall–Kier alpha value is -2.56. The van der Waals surface area contributed by atoms with Crippen LogP contribution in [0.5, 0.6) is 0 Å². The molecular weight excluding hydrogens is 282 g/mol. The van der Waals surface area contributed by atoms with Crippen molar-refractivity contribution in [2.75, 3.05) is 0 Å². The summed E-state index contributed by atoms with van der Waals surface area (Å²) in [5, 5.41) is 8.84. The van der Waals surface area contributed by atoms with Crippen LogP contribution in [-0.4, -0.2) is 27.6 Å². The van der Waals surface area contributed by atoms with Gasteiger partial charge in [0.1, 0.15) is 11.3 Å².